The Kier molecular flexibility index (Phi) is 2.08. The third-order valence-electron chi connectivity index (χ3n) is 3.06. The smallest absolute Gasteiger partial charge is 0.156 e. The van der Waals surface area contributed by atoms with E-state index in [4.69, 9.17) is 11.6 Å². The van der Waals surface area contributed by atoms with Crippen molar-refractivity contribution in [2.75, 3.05) is 0 Å². The number of rotatable bonds is 0. The molecule has 1 aliphatic heterocycles. The Hall–Kier alpha value is -1.60. The van der Waals surface area contributed by atoms with Crippen molar-refractivity contribution in [3.63, 3.8) is 0 Å². The summed E-state index contributed by atoms with van der Waals surface area (Å²) in [5.41, 5.74) is 3.24. The fourth-order valence-corrected chi connectivity index (χ4v) is 2.61. The van der Waals surface area contributed by atoms with Crippen LogP contribution < -0.4 is 0 Å². The number of fused-ring (bicyclic) bond motifs is 3. The Morgan fingerprint density at radius 1 is 1.38 bits per heavy atom. The first-order valence-corrected chi connectivity index (χ1v) is 5.62. The highest BCUT2D eigenvalue weighted by atomic mass is 35.5. The van der Waals surface area contributed by atoms with Crippen molar-refractivity contribution in [1.82, 2.24) is 14.5 Å². The zero-order valence-corrected chi connectivity index (χ0v) is 9.33. The lowest BCUT2D eigenvalue weighted by Gasteiger charge is -2.15. The van der Waals surface area contributed by atoms with Crippen molar-refractivity contribution in [3.8, 4) is 6.07 Å². The quantitative estimate of drug-likeness (QED) is 0.655. The van der Waals surface area contributed by atoms with E-state index in [1.807, 2.05) is 0 Å². The summed E-state index contributed by atoms with van der Waals surface area (Å²) in [4.78, 5) is 8.17. The van der Waals surface area contributed by atoms with Crippen LogP contribution in [0.1, 0.15) is 24.1 Å². The molecule has 5 heteroatoms. The second kappa shape index (κ2) is 3.46. The van der Waals surface area contributed by atoms with Crippen LogP contribution in [0, 0.1) is 11.3 Å². The van der Waals surface area contributed by atoms with Crippen LogP contribution in [0.2, 0.25) is 5.15 Å². The summed E-state index contributed by atoms with van der Waals surface area (Å²) in [6, 6.07) is 2.24. The molecule has 2 aromatic heterocycles. The summed E-state index contributed by atoms with van der Waals surface area (Å²) in [6.07, 6.45) is 4.58. The van der Waals surface area contributed by atoms with Crippen LogP contribution in [0.3, 0.4) is 0 Å². The summed E-state index contributed by atoms with van der Waals surface area (Å²) >= 11 is 6.08. The highest BCUT2D eigenvalue weighted by Crippen LogP contribution is 2.31. The topological polar surface area (TPSA) is 54.5 Å². The molecule has 0 atom stereocenters. The average molecular weight is 233 g/mol. The van der Waals surface area contributed by atoms with Gasteiger partial charge in [0.05, 0.1) is 5.56 Å². The summed E-state index contributed by atoms with van der Waals surface area (Å²) in [5.74, 6) is 0. The zero-order chi connectivity index (χ0) is 11.1. The summed E-state index contributed by atoms with van der Waals surface area (Å²) in [7, 11) is 0. The number of nitriles is 1. The molecule has 0 bridgehead atoms. The first kappa shape index (κ1) is 9.61. The van der Waals surface area contributed by atoms with Gasteiger partial charge in [-0.25, -0.2) is 9.97 Å². The summed E-state index contributed by atoms with van der Waals surface area (Å²) < 4.78 is 2.10. The van der Waals surface area contributed by atoms with Gasteiger partial charge in [0, 0.05) is 12.2 Å². The highest BCUT2D eigenvalue weighted by molar-refractivity contribution is 6.33. The van der Waals surface area contributed by atoms with Crippen molar-refractivity contribution < 1.29 is 0 Å². The van der Waals surface area contributed by atoms with E-state index in [9.17, 15) is 5.26 Å². The Morgan fingerprint density at radius 2 is 2.25 bits per heavy atom. The lowest BCUT2D eigenvalue weighted by atomic mass is 10.1. The Morgan fingerprint density at radius 3 is 3.06 bits per heavy atom. The van der Waals surface area contributed by atoms with Gasteiger partial charge in [0.15, 0.2) is 5.15 Å². The van der Waals surface area contributed by atoms with E-state index < -0.39 is 0 Å². The Labute approximate surface area is 97.5 Å². The molecule has 4 nitrogen and oxygen atoms in total. The molecule has 0 aliphatic carbocycles. The van der Waals surface area contributed by atoms with Crippen LogP contribution in [-0.4, -0.2) is 14.5 Å². The van der Waals surface area contributed by atoms with Crippen molar-refractivity contribution >= 4 is 22.6 Å². The van der Waals surface area contributed by atoms with Crippen LogP contribution in [0.4, 0.5) is 0 Å². The van der Waals surface area contributed by atoms with E-state index in [0.717, 1.165) is 37.0 Å². The fourth-order valence-electron chi connectivity index (χ4n) is 2.37. The fraction of sp³-hybridized carbons (Fsp3) is 0.364. The number of halogens is 1. The van der Waals surface area contributed by atoms with Gasteiger partial charge in [0.1, 0.15) is 23.4 Å². The van der Waals surface area contributed by atoms with Gasteiger partial charge in [0.2, 0.25) is 0 Å². The number of hydrogen-bond acceptors (Lipinski definition) is 3. The maximum Gasteiger partial charge on any atom is 0.156 e. The minimum absolute atomic E-state index is 0.439. The summed E-state index contributed by atoms with van der Waals surface area (Å²) in [5, 5.41) is 9.64. The lowest BCUT2D eigenvalue weighted by molar-refractivity contribution is 0.544. The van der Waals surface area contributed by atoms with E-state index in [1.54, 1.807) is 0 Å². The molecule has 2 aromatic rings. The molecule has 0 aromatic carbocycles. The number of aromatic nitrogens is 3. The first-order chi connectivity index (χ1) is 7.83. The number of hydrogen-bond donors (Lipinski definition) is 0. The molecule has 0 unspecified atom stereocenters. The van der Waals surface area contributed by atoms with Crippen LogP contribution in [-0.2, 0) is 13.0 Å². The minimum atomic E-state index is 0.439. The van der Waals surface area contributed by atoms with E-state index in [-0.39, 0.29) is 0 Å². The van der Waals surface area contributed by atoms with Crippen molar-refractivity contribution in [1.29, 1.82) is 5.26 Å². The predicted octanol–water partition coefficient (Wildman–Crippen LogP) is 2.29. The zero-order valence-electron chi connectivity index (χ0n) is 8.57. The van der Waals surface area contributed by atoms with Gasteiger partial charge in [-0.15, -0.1) is 0 Å². The second-order valence-electron chi connectivity index (χ2n) is 3.90. The molecule has 3 rings (SSSR count). The van der Waals surface area contributed by atoms with Crippen LogP contribution in [0.25, 0.3) is 11.0 Å². The standard InChI is InChI=1S/C11H9ClN4/c12-11-10-9(14-6-15-11)7(5-13)8-3-1-2-4-16(8)10/h6H,1-4H2. The van der Waals surface area contributed by atoms with Crippen molar-refractivity contribution in [2.45, 2.75) is 25.8 Å². The molecule has 0 radical (unpaired) electrons. The second-order valence-corrected chi connectivity index (χ2v) is 4.26. The molecule has 0 saturated carbocycles. The molecule has 16 heavy (non-hydrogen) atoms. The molecule has 0 saturated heterocycles. The van der Waals surface area contributed by atoms with Crippen molar-refractivity contribution in [3.05, 3.63) is 22.7 Å². The molecule has 0 N–H and O–H groups in total. The van der Waals surface area contributed by atoms with Gasteiger partial charge in [-0.1, -0.05) is 11.6 Å². The van der Waals surface area contributed by atoms with Crippen LogP contribution in [0.5, 0.6) is 0 Å². The molecule has 3 heterocycles. The van der Waals surface area contributed by atoms with E-state index in [2.05, 4.69) is 20.6 Å². The van der Waals surface area contributed by atoms with E-state index in [1.165, 1.54) is 6.33 Å². The predicted molar refractivity (Wildman–Crippen MR) is 60.2 cm³/mol. The molecular formula is C11H9ClN4. The van der Waals surface area contributed by atoms with Crippen LogP contribution >= 0.6 is 11.6 Å². The van der Waals surface area contributed by atoms with Gasteiger partial charge in [0.25, 0.3) is 0 Å². The van der Waals surface area contributed by atoms with E-state index in [0.29, 0.717) is 16.2 Å². The third kappa shape index (κ3) is 1.15. The first-order valence-electron chi connectivity index (χ1n) is 5.24. The molecule has 0 amide bonds. The normalized spacial score (nSPS) is 14.8. The molecule has 0 fully saturated rings. The summed E-state index contributed by atoms with van der Waals surface area (Å²) in [6.45, 7) is 0.903. The average Bonchev–Trinajstić information content (AvgIpc) is 2.64. The Bertz CT molecular complexity index is 608. The van der Waals surface area contributed by atoms with Gasteiger partial charge >= 0.3 is 0 Å². The van der Waals surface area contributed by atoms with Gasteiger partial charge in [-0.05, 0) is 19.3 Å². The number of aryl methyl sites for hydroxylation is 1. The maximum atomic E-state index is 9.20. The minimum Gasteiger partial charge on any atom is -0.339 e. The van der Waals surface area contributed by atoms with Gasteiger partial charge in [-0.2, -0.15) is 5.26 Å². The monoisotopic (exact) mass is 232 g/mol. The lowest BCUT2D eigenvalue weighted by Crippen LogP contribution is -2.10. The molecular weight excluding hydrogens is 224 g/mol. The van der Waals surface area contributed by atoms with Crippen LogP contribution in [0.15, 0.2) is 6.33 Å². The largest absolute Gasteiger partial charge is 0.339 e. The molecule has 0 spiro atoms. The Balaban J connectivity index is 2.48. The van der Waals surface area contributed by atoms with Crippen molar-refractivity contribution in [2.24, 2.45) is 0 Å². The maximum absolute atomic E-state index is 9.20. The number of nitrogens with zero attached hydrogens (tertiary/aromatic N) is 4. The van der Waals surface area contributed by atoms with E-state index >= 15 is 0 Å². The molecule has 1 aliphatic rings. The third-order valence-corrected chi connectivity index (χ3v) is 3.33. The SMILES string of the molecule is N#Cc1c2n(c3c(Cl)ncnc13)CCCC2. The van der Waals surface area contributed by atoms with Gasteiger partial charge in [-0.3, -0.25) is 0 Å². The highest BCUT2D eigenvalue weighted by Gasteiger charge is 2.22. The van der Waals surface area contributed by atoms with Gasteiger partial charge < -0.3 is 4.57 Å². The molecule has 80 valence electrons.